The number of ether oxygens (including phenoxy) is 1. The van der Waals surface area contributed by atoms with Gasteiger partial charge in [-0.2, -0.15) is 0 Å². The molecule has 0 radical (unpaired) electrons. The zero-order valence-corrected chi connectivity index (χ0v) is 15.4. The van der Waals surface area contributed by atoms with E-state index in [9.17, 15) is 4.79 Å². The van der Waals surface area contributed by atoms with Crippen LogP contribution in [0.5, 0.6) is 5.75 Å². The van der Waals surface area contributed by atoms with E-state index in [1.165, 1.54) is 0 Å². The fourth-order valence-corrected chi connectivity index (χ4v) is 4.18. The van der Waals surface area contributed by atoms with Crippen molar-refractivity contribution in [2.45, 2.75) is 38.0 Å². The Bertz CT molecular complexity index is 781. The Balaban J connectivity index is 1.55. The maximum Gasteiger partial charge on any atom is 0.258 e. The molecule has 0 aromatic heterocycles. The largest absolute Gasteiger partial charge is 0.488 e. The first-order valence-electron chi connectivity index (χ1n) is 9.22. The number of rotatable bonds is 4. The highest BCUT2D eigenvalue weighted by Gasteiger charge is 2.39. The molecule has 2 aliphatic heterocycles. The van der Waals surface area contributed by atoms with Crippen molar-refractivity contribution in [3.63, 3.8) is 0 Å². The van der Waals surface area contributed by atoms with Gasteiger partial charge in [0.15, 0.2) is 0 Å². The van der Waals surface area contributed by atoms with Gasteiger partial charge >= 0.3 is 0 Å². The molecule has 26 heavy (non-hydrogen) atoms. The van der Waals surface area contributed by atoms with Crippen LogP contribution in [0.25, 0.3) is 0 Å². The average Bonchev–Trinajstić information content (AvgIpc) is 2.93. The summed E-state index contributed by atoms with van der Waals surface area (Å²) in [6.45, 7) is 2.21. The molecule has 2 aromatic rings. The number of amides is 1. The normalized spacial score (nSPS) is 22.1. The van der Waals surface area contributed by atoms with Crippen LogP contribution in [0.4, 0.5) is 0 Å². The zero-order chi connectivity index (χ0) is 17.9. The van der Waals surface area contributed by atoms with Gasteiger partial charge in [0.1, 0.15) is 12.4 Å². The van der Waals surface area contributed by atoms with Crippen LogP contribution in [0.1, 0.15) is 35.2 Å². The Kier molecular flexibility index (Phi) is 5.14. The fourth-order valence-electron chi connectivity index (χ4n) is 3.99. The molecule has 4 rings (SSSR count). The number of benzene rings is 2. The Morgan fingerprint density at radius 3 is 2.73 bits per heavy atom. The van der Waals surface area contributed by atoms with Crippen molar-refractivity contribution >= 4 is 17.5 Å². The summed E-state index contributed by atoms with van der Waals surface area (Å²) in [5, 5.41) is 4.12. The number of para-hydroxylation sites is 1. The van der Waals surface area contributed by atoms with Crippen LogP contribution in [0, 0.1) is 0 Å². The summed E-state index contributed by atoms with van der Waals surface area (Å²) in [6.07, 6.45) is 3.19. The molecule has 0 spiro atoms. The molecule has 0 saturated carbocycles. The molecule has 2 aliphatic rings. The smallest absolute Gasteiger partial charge is 0.258 e. The lowest BCUT2D eigenvalue weighted by atomic mass is 10.1. The van der Waals surface area contributed by atoms with Gasteiger partial charge < -0.3 is 15.0 Å². The van der Waals surface area contributed by atoms with E-state index in [4.69, 9.17) is 16.3 Å². The third kappa shape index (κ3) is 3.44. The highest BCUT2D eigenvalue weighted by atomic mass is 35.5. The number of hydrogen-bond donors (Lipinski definition) is 1. The fraction of sp³-hybridized carbons (Fsp3) is 0.381. The monoisotopic (exact) mass is 370 g/mol. The summed E-state index contributed by atoms with van der Waals surface area (Å²) >= 11 is 6.22. The Morgan fingerprint density at radius 1 is 1.08 bits per heavy atom. The van der Waals surface area contributed by atoms with E-state index in [0.29, 0.717) is 29.0 Å². The molecule has 136 valence electrons. The van der Waals surface area contributed by atoms with Gasteiger partial charge in [0.25, 0.3) is 5.91 Å². The molecule has 2 bridgehead atoms. The topological polar surface area (TPSA) is 41.6 Å². The van der Waals surface area contributed by atoms with Gasteiger partial charge in [-0.15, -0.1) is 0 Å². The standard InChI is InChI=1S/C21H23ClN2O2/c22-19-7-3-1-5-15(19)14-26-20-8-4-2-6-18(20)21(25)24-16-9-10-17(24)13-23-12-11-16/h1-8,16-17,23H,9-14H2. The lowest BCUT2D eigenvalue weighted by Gasteiger charge is -2.28. The van der Waals surface area contributed by atoms with Gasteiger partial charge in [-0.3, -0.25) is 4.79 Å². The molecule has 2 unspecified atom stereocenters. The minimum Gasteiger partial charge on any atom is -0.488 e. The molecule has 4 nitrogen and oxygen atoms in total. The molecular formula is C21H23ClN2O2. The molecule has 0 aliphatic carbocycles. The summed E-state index contributed by atoms with van der Waals surface area (Å²) in [5.41, 5.74) is 1.55. The van der Waals surface area contributed by atoms with Crippen molar-refractivity contribution in [2.75, 3.05) is 13.1 Å². The Hall–Kier alpha value is -2.04. The quantitative estimate of drug-likeness (QED) is 0.887. The van der Waals surface area contributed by atoms with Gasteiger partial charge in [-0.1, -0.05) is 41.9 Å². The molecule has 1 amide bonds. The van der Waals surface area contributed by atoms with E-state index < -0.39 is 0 Å². The van der Waals surface area contributed by atoms with Gasteiger partial charge in [0, 0.05) is 29.2 Å². The maximum absolute atomic E-state index is 13.3. The molecule has 5 heteroatoms. The number of nitrogens with one attached hydrogen (secondary N) is 1. The van der Waals surface area contributed by atoms with Crippen LogP contribution in [0.15, 0.2) is 48.5 Å². The van der Waals surface area contributed by atoms with Crippen molar-refractivity contribution in [1.82, 2.24) is 10.2 Å². The number of carbonyl (C=O) groups is 1. The third-order valence-electron chi connectivity index (χ3n) is 5.35. The third-order valence-corrected chi connectivity index (χ3v) is 5.72. The van der Waals surface area contributed by atoms with Crippen LogP contribution in [0.2, 0.25) is 5.02 Å². The minimum atomic E-state index is 0.0796. The maximum atomic E-state index is 13.3. The summed E-state index contributed by atoms with van der Waals surface area (Å²) in [5.74, 6) is 0.699. The highest BCUT2D eigenvalue weighted by Crippen LogP contribution is 2.32. The minimum absolute atomic E-state index is 0.0796. The first kappa shape index (κ1) is 17.4. The first-order valence-corrected chi connectivity index (χ1v) is 9.60. The van der Waals surface area contributed by atoms with Crippen LogP contribution in [-0.4, -0.2) is 36.0 Å². The lowest BCUT2D eigenvalue weighted by Crippen LogP contribution is -2.42. The van der Waals surface area contributed by atoms with Gasteiger partial charge in [-0.25, -0.2) is 0 Å². The number of fused-ring (bicyclic) bond motifs is 2. The second-order valence-electron chi connectivity index (χ2n) is 6.97. The van der Waals surface area contributed by atoms with Crippen LogP contribution in [0.3, 0.4) is 0 Å². The molecule has 2 fully saturated rings. The van der Waals surface area contributed by atoms with Crippen molar-refractivity contribution in [2.24, 2.45) is 0 Å². The molecule has 2 saturated heterocycles. The van der Waals surface area contributed by atoms with Crippen molar-refractivity contribution in [3.8, 4) is 5.75 Å². The SMILES string of the molecule is O=C(c1ccccc1OCc1ccccc1Cl)N1C2CCNCC1CC2. The summed E-state index contributed by atoms with van der Waals surface area (Å²) < 4.78 is 5.99. The molecular weight excluding hydrogens is 348 g/mol. The van der Waals surface area contributed by atoms with Crippen LogP contribution >= 0.6 is 11.6 Å². The van der Waals surface area contributed by atoms with E-state index in [0.717, 1.165) is 37.9 Å². The van der Waals surface area contributed by atoms with Crippen molar-refractivity contribution < 1.29 is 9.53 Å². The predicted octanol–water partition coefficient (Wildman–Crippen LogP) is 3.89. The highest BCUT2D eigenvalue weighted by molar-refractivity contribution is 6.31. The second kappa shape index (κ2) is 7.68. The van der Waals surface area contributed by atoms with E-state index in [1.54, 1.807) is 0 Å². The zero-order valence-electron chi connectivity index (χ0n) is 14.7. The number of hydrogen-bond acceptors (Lipinski definition) is 3. The molecule has 2 heterocycles. The van der Waals surface area contributed by atoms with E-state index in [2.05, 4.69) is 10.2 Å². The number of nitrogens with zero attached hydrogens (tertiary/aromatic N) is 1. The van der Waals surface area contributed by atoms with E-state index in [1.807, 2.05) is 48.5 Å². The summed E-state index contributed by atoms with van der Waals surface area (Å²) in [7, 11) is 0. The number of halogens is 1. The van der Waals surface area contributed by atoms with Gasteiger partial charge in [-0.05, 0) is 44.0 Å². The van der Waals surface area contributed by atoms with Crippen LogP contribution in [-0.2, 0) is 6.61 Å². The Labute approximate surface area is 159 Å². The first-order chi connectivity index (χ1) is 12.7. The van der Waals surface area contributed by atoms with Crippen molar-refractivity contribution in [1.29, 1.82) is 0 Å². The predicted molar refractivity (Wildman–Crippen MR) is 103 cm³/mol. The van der Waals surface area contributed by atoms with Crippen molar-refractivity contribution in [3.05, 3.63) is 64.7 Å². The molecule has 2 aromatic carbocycles. The summed E-state index contributed by atoms with van der Waals surface area (Å²) in [6, 6.07) is 15.8. The molecule has 1 N–H and O–H groups in total. The van der Waals surface area contributed by atoms with E-state index >= 15 is 0 Å². The summed E-state index contributed by atoms with van der Waals surface area (Å²) in [4.78, 5) is 15.4. The van der Waals surface area contributed by atoms with Gasteiger partial charge in [0.05, 0.1) is 5.56 Å². The van der Waals surface area contributed by atoms with Crippen LogP contribution < -0.4 is 10.1 Å². The Morgan fingerprint density at radius 2 is 1.85 bits per heavy atom. The second-order valence-corrected chi connectivity index (χ2v) is 7.37. The average molecular weight is 371 g/mol. The lowest BCUT2D eigenvalue weighted by molar-refractivity contribution is 0.0675. The van der Waals surface area contributed by atoms with Gasteiger partial charge in [0.2, 0.25) is 0 Å². The van der Waals surface area contributed by atoms with E-state index in [-0.39, 0.29) is 11.9 Å². The number of carbonyl (C=O) groups excluding carboxylic acids is 1. The molecule has 2 atom stereocenters.